The van der Waals surface area contributed by atoms with E-state index >= 15 is 0 Å². The topological polar surface area (TPSA) is 32.3 Å². The van der Waals surface area contributed by atoms with Gasteiger partial charge in [0.05, 0.1) is 11.1 Å². The number of hydrogen-bond donors (Lipinski definition) is 2. The lowest BCUT2D eigenvalue weighted by atomic mass is 10.2. The van der Waals surface area contributed by atoms with Crippen molar-refractivity contribution in [2.24, 2.45) is 0 Å². The zero-order valence-corrected chi connectivity index (χ0v) is 12.8. The van der Waals surface area contributed by atoms with Crippen LogP contribution in [0.3, 0.4) is 0 Å². The van der Waals surface area contributed by atoms with Crippen molar-refractivity contribution in [1.82, 2.24) is 5.32 Å². The molecular formula is C14H22ClNOS. The summed E-state index contributed by atoms with van der Waals surface area (Å²) in [7, 11) is 0. The predicted molar refractivity (Wildman–Crippen MR) is 80.4 cm³/mol. The molecule has 0 saturated heterocycles. The standard InChI is InChI=1S/C14H22ClNOS/c1-4-7-16-9-12-5-6-14(13(15)8-12)18-11(3)10(2)17/h5-6,8,10-11,16-17H,4,7,9H2,1-3H3. The zero-order chi connectivity index (χ0) is 13.5. The summed E-state index contributed by atoms with van der Waals surface area (Å²) < 4.78 is 0. The van der Waals surface area contributed by atoms with E-state index in [0.717, 1.165) is 29.4 Å². The molecule has 0 saturated carbocycles. The van der Waals surface area contributed by atoms with Gasteiger partial charge in [-0.15, -0.1) is 11.8 Å². The number of nitrogens with one attached hydrogen (secondary N) is 1. The van der Waals surface area contributed by atoms with Crippen LogP contribution < -0.4 is 5.32 Å². The molecule has 2 atom stereocenters. The van der Waals surface area contributed by atoms with E-state index in [1.54, 1.807) is 18.7 Å². The molecule has 18 heavy (non-hydrogen) atoms. The SMILES string of the molecule is CCCNCc1ccc(SC(C)C(C)O)c(Cl)c1. The van der Waals surface area contributed by atoms with Crippen LogP contribution in [-0.4, -0.2) is 23.0 Å². The number of aliphatic hydroxyl groups excluding tert-OH is 1. The minimum Gasteiger partial charge on any atom is -0.392 e. The molecule has 0 amide bonds. The highest BCUT2D eigenvalue weighted by atomic mass is 35.5. The molecule has 0 aliphatic heterocycles. The van der Waals surface area contributed by atoms with E-state index in [9.17, 15) is 5.11 Å². The highest BCUT2D eigenvalue weighted by Crippen LogP contribution is 2.32. The Morgan fingerprint density at radius 3 is 2.67 bits per heavy atom. The fraction of sp³-hybridized carbons (Fsp3) is 0.571. The van der Waals surface area contributed by atoms with Gasteiger partial charge in [-0.2, -0.15) is 0 Å². The minimum atomic E-state index is -0.336. The van der Waals surface area contributed by atoms with E-state index < -0.39 is 0 Å². The van der Waals surface area contributed by atoms with E-state index in [0.29, 0.717) is 0 Å². The first-order valence-electron chi connectivity index (χ1n) is 6.38. The molecule has 102 valence electrons. The quantitative estimate of drug-likeness (QED) is 0.592. The molecule has 0 aliphatic rings. The number of thioether (sulfide) groups is 1. The number of hydrogen-bond acceptors (Lipinski definition) is 3. The van der Waals surface area contributed by atoms with Gasteiger partial charge in [0.15, 0.2) is 0 Å². The van der Waals surface area contributed by atoms with Crippen molar-refractivity contribution in [1.29, 1.82) is 0 Å². The van der Waals surface area contributed by atoms with Gasteiger partial charge in [0.1, 0.15) is 0 Å². The number of aliphatic hydroxyl groups is 1. The van der Waals surface area contributed by atoms with Crippen LogP contribution in [0.4, 0.5) is 0 Å². The minimum absolute atomic E-state index is 0.145. The van der Waals surface area contributed by atoms with E-state index in [4.69, 9.17) is 11.6 Å². The lowest BCUT2D eigenvalue weighted by molar-refractivity contribution is 0.196. The summed E-state index contributed by atoms with van der Waals surface area (Å²) in [5.74, 6) is 0. The molecule has 2 nitrogen and oxygen atoms in total. The van der Waals surface area contributed by atoms with Crippen molar-refractivity contribution in [2.75, 3.05) is 6.54 Å². The Morgan fingerprint density at radius 2 is 2.11 bits per heavy atom. The van der Waals surface area contributed by atoms with Crippen LogP contribution in [0.5, 0.6) is 0 Å². The molecule has 2 unspecified atom stereocenters. The third kappa shape index (κ3) is 5.19. The third-order valence-corrected chi connectivity index (χ3v) is 4.54. The van der Waals surface area contributed by atoms with Crippen LogP contribution >= 0.6 is 23.4 Å². The van der Waals surface area contributed by atoms with E-state index in [-0.39, 0.29) is 11.4 Å². The zero-order valence-electron chi connectivity index (χ0n) is 11.2. The van der Waals surface area contributed by atoms with Gasteiger partial charge in [0.25, 0.3) is 0 Å². The molecule has 0 heterocycles. The predicted octanol–water partition coefficient (Wildman–Crippen LogP) is 3.70. The molecule has 2 N–H and O–H groups in total. The van der Waals surface area contributed by atoms with Crippen LogP contribution in [0.15, 0.2) is 23.1 Å². The molecule has 1 aromatic rings. The molecule has 0 radical (unpaired) electrons. The maximum Gasteiger partial charge on any atom is 0.0631 e. The van der Waals surface area contributed by atoms with Gasteiger partial charge in [0.2, 0.25) is 0 Å². The monoisotopic (exact) mass is 287 g/mol. The third-order valence-electron chi connectivity index (χ3n) is 2.74. The summed E-state index contributed by atoms with van der Waals surface area (Å²) >= 11 is 7.87. The largest absolute Gasteiger partial charge is 0.392 e. The summed E-state index contributed by atoms with van der Waals surface area (Å²) in [6, 6.07) is 6.13. The molecule has 0 spiro atoms. The van der Waals surface area contributed by atoms with Crippen LogP contribution in [0, 0.1) is 0 Å². The van der Waals surface area contributed by atoms with Crippen molar-refractivity contribution < 1.29 is 5.11 Å². The van der Waals surface area contributed by atoms with Crippen LogP contribution in [-0.2, 0) is 6.54 Å². The second-order valence-electron chi connectivity index (χ2n) is 4.51. The molecule has 0 bridgehead atoms. The summed E-state index contributed by atoms with van der Waals surface area (Å²) in [6.07, 6.45) is 0.796. The van der Waals surface area contributed by atoms with Crippen LogP contribution in [0.25, 0.3) is 0 Å². The Balaban J connectivity index is 2.62. The Bertz CT molecular complexity index is 371. The molecule has 1 aromatic carbocycles. The number of halogens is 1. The van der Waals surface area contributed by atoms with Gasteiger partial charge in [0, 0.05) is 16.7 Å². The molecular weight excluding hydrogens is 266 g/mol. The Morgan fingerprint density at radius 1 is 1.39 bits per heavy atom. The highest BCUT2D eigenvalue weighted by Gasteiger charge is 2.12. The molecule has 0 aromatic heterocycles. The molecule has 4 heteroatoms. The smallest absolute Gasteiger partial charge is 0.0631 e. The van der Waals surface area contributed by atoms with E-state index in [1.165, 1.54) is 5.56 Å². The molecule has 0 aliphatic carbocycles. The van der Waals surface area contributed by atoms with Gasteiger partial charge < -0.3 is 10.4 Å². The first kappa shape index (κ1) is 15.8. The second kappa shape index (κ2) is 8.05. The van der Waals surface area contributed by atoms with Crippen molar-refractivity contribution in [3.05, 3.63) is 28.8 Å². The molecule has 1 rings (SSSR count). The Hall–Kier alpha value is -0.220. The highest BCUT2D eigenvalue weighted by molar-refractivity contribution is 8.00. The first-order valence-corrected chi connectivity index (χ1v) is 7.64. The Labute approximate surface area is 119 Å². The summed E-state index contributed by atoms with van der Waals surface area (Å²) in [4.78, 5) is 1.03. The van der Waals surface area contributed by atoms with Crippen molar-refractivity contribution >= 4 is 23.4 Å². The maximum absolute atomic E-state index is 9.50. The normalized spacial score (nSPS) is 14.5. The fourth-order valence-corrected chi connectivity index (χ4v) is 2.71. The lowest BCUT2D eigenvalue weighted by Gasteiger charge is -2.15. The number of benzene rings is 1. The fourth-order valence-electron chi connectivity index (χ4n) is 1.46. The first-order chi connectivity index (χ1) is 8.54. The van der Waals surface area contributed by atoms with Gasteiger partial charge in [-0.1, -0.05) is 31.5 Å². The lowest BCUT2D eigenvalue weighted by Crippen LogP contribution is -2.15. The van der Waals surface area contributed by atoms with E-state index in [1.807, 2.05) is 19.1 Å². The van der Waals surface area contributed by atoms with Crippen LogP contribution in [0.2, 0.25) is 5.02 Å². The summed E-state index contributed by atoms with van der Waals surface area (Å²) in [6.45, 7) is 7.83. The Kier molecular flexibility index (Phi) is 7.08. The average Bonchev–Trinajstić information content (AvgIpc) is 2.32. The summed E-state index contributed by atoms with van der Waals surface area (Å²) in [5.41, 5.74) is 1.20. The van der Waals surface area contributed by atoms with Crippen LogP contribution in [0.1, 0.15) is 32.8 Å². The van der Waals surface area contributed by atoms with Gasteiger partial charge in [-0.05, 0) is 37.6 Å². The van der Waals surface area contributed by atoms with E-state index in [2.05, 4.69) is 18.3 Å². The second-order valence-corrected chi connectivity index (χ2v) is 6.33. The van der Waals surface area contributed by atoms with Crippen molar-refractivity contribution in [2.45, 2.75) is 50.0 Å². The average molecular weight is 288 g/mol. The van der Waals surface area contributed by atoms with Crippen molar-refractivity contribution in [3.63, 3.8) is 0 Å². The maximum atomic E-state index is 9.50. The molecule has 0 fully saturated rings. The number of rotatable bonds is 7. The van der Waals surface area contributed by atoms with Gasteiger partial charge in [-0.3, -0.25) is 0 Å². The van der Waals surface area contributed by atoms with Gasteiger partial charge >= 0.3 is 0 Å². The summed E-state index contributed by atoms with van der Waals surface area (Å²) in [5, 5.41) is 13.8. The van der Waals surface area contributed by atoms with Crippen molar-refractivity contribution in [3.8, 4) is 0 Å². The van der Waals surface area contributed by atoms with Gasteiger partial charge in [-0.25, -0.2) is 0 Å².